The van der Waals surface area contributed by atoms with Gasteiger partial charge in [-0.25, -0.2) is 18.2 Å². The molecule has 0 fully saturated rings. The summed E-state index contributed by atoms with van der Waals surface area (Å²) < 4.78 is 46.8. The largest absolute Gasteiger partial charge is 0.489 e. The molecule has 1 aliphatic heterocycles. The Bertz CT molecular complexity index is 1450. The lowest BCUT2D eigenvalue weighted by molar-refractivity contribution is -0.120. The highest BCUT2D eigenvalue weighted by Crippen LogP contribution is 2.37. The molecule has 0 bridgehead atoms. The van der Waals surface area contributed by atoms with E-state index in [1.54, 1.807) is 31.6 Å². The number of hydrogen-bond acceptors (Lipinski definition) is 6. The van der Waals surface area contributed by atoms with Gasteiger partial charge in [-0.3, -0.25) is 19.7 Å². The van der Waals surface area contributed by atoms with Crippen molar-refractivity contribution in [3.63, 3.8) is 0 Å². The van der Waals surface area contributed by atoms with Gasteiger partial charge in [0.15, 0.2) is 0 Å². The second-order valence-electron chi connectivity index (χ2n) is 7.87. The fraction of sp³-hybridized carbons (Fsp3) is 0.208. The van der Waals surface area contributed by atoms with Gasteiger partial charge in [-0.2, -0.15) is 0 Å². The molecule has 12 heteroatoms. The van der Waals surface area contributed by atoms with Crippen molar-refractivity contribution in [2.75, 3.05) is 18.6 Å². The third-order valence-corrected chi connectivity index (χ3v) is 5.61. The predicted molar refractivity (Wildman–Crippen MR) is 124 cm³/mol. The van der Waals surface area contributed by atoms with Gasteiger partial charge in [0.1, 0.15) is 41.7 Å². The van der Waals surface area contributed by atoms with Gasteiger partial charge >= 0.3 is 0 Å². The summed E-state index contributed by atoms with van der Waals surface area (Å²) in [6.07, 6.45) is 2.89. The Kier molecular flexibility index (Phi) is 6.60. The van der Waals surface area contributed by atoms with Crippen LogP contribution in [0.15, 0.2) is 42.7 Å². The maximum Gasteiger partial charge on any atom is 0.291 e. The van der Waals surface area contributed by atoms with E-state index in [0.717, 1.165) is 10.8 Å². The smallest absolute Gasteiger partial charge is 0.291 e. The van der Waals surface area contributed by atoms with Crippen LogP contribution in [-0.4, -0.2) is 51.7 Å². The molecule has 0 saturated carbocycles. The van der Waals surface area contributed by atoms with Crippen LogP contribution in [0.25, 0.3) is 10.8 Å². The number of carbonyl (C=O) groups is 2. The molecule has 3 heterocycles. The Balaban J connectivity index is 0.00000304. The molecule has 186 valence electrons. The van der Waals surface area contributed by atoms with Gasteiger partial charge < -0.3 is 15.0 Å². The van der Waals surface area contributed by atoms with Crippen LogP contribution in [0, 0.1) is 17.5 Å². The molecule has 1 aliphatic rings. The van der Waals surface area contributed by atoms with Crippen LogP contribution in [0.4, 0.5) is 18.9 Å². The number of carbonyl (C=O) groups excluding carboxylic acids is 2. The quantitative estimate of drug-likeness (QED) is 0.447. The van der Waals surface area contributed by atoms with Crippen LogP contribution < -0.4 is 15.0 Å². The summed E-state index contributed by atoms with van der Waals surface area (Å²) in [5.74, 6) is -4.32. The van der Waals surface area contributed by atoms with Crippen LogP contribution >= 0.6 is 0 Å². The number of nitrogens with one attached hydrogen (secondary N) is 2. The van der Waals surface area contributed by atoms with E-state index in [2.05, 4.69) is 25.5 Å². The van der Waals surface area contributed by atoms with E-state index in [1.807, 2.05) is 6.07 Å². The SMILES string of the molecule is C.CN1C(=O)[C@@H](NC(=O)c2n[nH]c(Cc3c(F)cc(F)cc3F)n2)COc2ccc3cnccc3c21. The zero-order chi connectivity index (χ0) is 24.7. The van der Waals surface area contributed by atoms with E-state index in [0.29, 0.717) is 23.6 Å². The number of hydrogen-bond donors (Lipinski definition) is 2. The van der Waals surface area contributed by atoms with E-state index in [1.165, 1.54) is 4.90 Å². The number of ether oxygens (including phenoxy) is 1. The summed E-state index contributed by atoms with van der Waals surface area (Å²) >= 11 is 0. The second kappa shape index (κ2) is 9.64. The number of likely N-dealkylation sites (N-methyl/N-ethyl adjacent to an activating group) is 1. The number of H-pyrrole nitrogens is 1. The van der Waals surface area contributed by atoms with Crippen molar-refractivity contribution in [3.8, 4) is 5.75 Å². The standard InChI is InChI=1S/C23H17F3N6O3.CH4/c1-32-20-13-4-5-27-9-11(13)2-3-18(20)35-10-17(23(32)34)28-22(33)21-29-19(30-31-21)8-14-15(25)6-12(24)7-16(14)26;/h2-7,9,17H,8,10H2,1H3,(H,28,33)(H,29,30,31);1H4/t17-;/m0./s1. The van der Waals surface area contributed by atoms with Gasteiger partial charge in [0.2, 0.25) is 5.82 Å². The molecular weight excluding hydrogens is 477 g/mol. The van der Waals surface area contributed by atoms with E-state index in [-0.39, 0.29) is 32.1 Å². The lowest BCUT2D eigenvalue weighted by atomic mass is 10.1. The van der Waals surface area contributed by atoms with Crippen LogP contribution in [-0.2, 0) is 11.2 Å². The first-order valence-electron chi connectivity index (χ1n) is 10.4. The van der Waals surface area contributed by atoms with E-state index >= 15 is 0 Å². The van der Waals surface area contributed by atoms with Gasteiger partial charge in [0.25, 0.3) is 11.8 Å². The number of aromatic amines is 1. The first-order valence-corrected chi connectivity index (χ1v) is 10.4. The number of amides is 2. The topological polar surface area (TPSA) is 113 Å². The minimum absolute atomic E-state index is 0. The maximum atomic E-state index is 13.9. The molecule has 0 aliphatic carbocycles. The molecular formula is C24H21F3N6O3. The van der Waals surface area contributed by atoms with Crippen LogP contribution in [0.3, 0.4) is 0 Å². The van der Waals surface area contributed by atoms with Gasteiger partial charge in [-0.1, -0.05) is 7.43 Å². The molecule has 2 amide bonds. The molecule has 2 aromatic carbocycles. The molecule has 0 spiro atoms. The van der Waals surface area contributed by atoms with Gasteiger partial charge in [0.05, 0.1) is 5.69 Å². The number of benzene rings is 2. The van der Waals surface area contributed by atoms with Crippen molar-refractivity contribution in [1.82, 2.24) is 25.5 Å². The third kappa shape index (κ3) is 4.44. The van der Waals surface area contributed by atoms with Gasteiger partial charge in [0, 0.05) is 54.3 Å². The zero-order valence-electron chi connectivity index (χ0n) is 18.2. The number of anilines is 1. The first-order chi connectivity index (χ1) is 16.8. The monoisotopic (exact) mass is 498 g/mol. The van der Waals surface area contributed by atoms with Crippen LogP contribution in [0.1, 0.15) is 29.4 Å². The van der Waals surface area contributed by atoms with Crippen molar-refractivity contribution < 1.29 is 27.5 Å². The molecule has 36 heavy (non-hydrogen) atoms. The lowest BCUT2D eigenvalue weighted by Gasteiger charge is -2.21. The second-order valence-corrected chi connectivity index (χ2v) is 7.87. The summed E-state index contributed by atoms with van der Waals surface area (Å²) in [7, 11) is 1.57. The number of halogens is 3. The van der Waals surface area contributed by atoms with E-state index in [9.17, 15) is 22.8 Å². The normalized spacial score (nSPS) is 15.1. The maximum absolute atomic E-state index is 13.9. The molecule has 2 aromatic heterocycles. The van der Waals surface area contributed by atoms with Crippen LogP contribution in [0.2, 0.25) is 0 Å². The minimum atomic E-state index is -1.09. The highest BCUT2D eigenvalue weighted by atomic mass is 19.1. The first kappa shape index (κ1) is 24.6. The molecule has 0 radical (unpaired) electrons. The Labute approximate surface area is 203 Å². The fourth-order valence-electron chi connectivity index (χ4n) is 3.89. The molecule has 4 aromatic rings. The van der Waals surface area contributed by atoms with Gasteiger partial charge in [-0.05, 0) is 18.2 Å². The molecule has 2 N–H and O–H groups in total. The highest BCUT2D eigenvalue weighted by molar-refractivity contribution is 6.09. The molecule has 9 nitrogen and oxygen atoms in total. The fourth-order valence-corrected chi connectivity index (χ4v) is 3.89. The summed E-state index contributed by atoms with van der Waals surface area (Å²) in [5.41, 5.74) is 0.124. The predicted octanol–water partition coefficient (Wildman–Crippen LogP) is 3.15. The van der Waals surface area contributed by atoms with Gasteiger partial charge in [-0.15, -0.1) is 5.10 Å². The van der Waals surface area contributed by atoms with Crippen molar-refractivity contribution in [2.45, 2.75) is 19.9 Å². The van der Waals surface area contributed by atoms with Crippen molar-refractivity contribution in [1.29, 1.82) is 0 Å². The molecule has 0 saturated heterocycles. The lowest BCUT2D eigenvalue weighted by Crippen LogP contribution is -2.49. The van der Waals surface area contributed by atoms with Crippen molar-refractivity contribution in [2.24, 2.45) is 0 Å². The summed E-state index contributed by atoms with van der Waals surface area (Å²) in [6, 6.07) is 5.36. The number of fused-ring (bicyclic) bond motifs is 3. The summed E-state index contributed by atoms with van der Waals surface area (Å²) in [4.78, 5) is 35.3. The number of aromatic nitrogens is 4. The average Bonchev–Trinajstić information content (AvgIpc) is 3.27. The molecule has 1 atom stereocenters. The number of pyridine rings is 1. The van der Waals surface area contributed by atoms with E-state index < -0.39 is 40.9 Å². The summed E-state index contributed by atoms with van der Waals surface area (Å²) in [5, 5.41) is 10.3. The molecule has 0 unspecified atom stereocenters. The van der Waals surface area contributed by atoms with Crippen LogP contribution in [0.5, 0.6) is 5.75 Å². The minimum Gasteiger partial charge on any atom is -0.489 e. The van der Waals surface area contributed by atoms with Crippen molar-refractivity contribution >= 4 is 28.3 Å². The Hall–Kier alpha value is -4.48. The highest BCUT2D eigenvalue weighted by Gasteiger charge is 2.32. The zero-order valence-corrected chi connectivity index (χ0v) is 18.2. The Morgan fingerprint density at radius 3 is 2.72 bits per heavy atom. The van der Waals surface area contributed by atoms with Crippen molar-refractivity contribution in [3.05, 3.63) is 77.4 Å². The summed E-state index contributed by atoms with van der Waals surface area (Å²) in [6.45, 7) is -0.137. The average molecular weight is 498 g/mol. The third-order valence-electron chi connectivity index (χ3n) is 5.61. The Morgan fingerprint density at radius 2 is 1.97 bits per heavy atom. The number of rotatable bonds is 4. The number of nitrogens with zero attached hydrogens (tertiary/aromatic N) is 4. The van der Waals surface area contributed by atoms with E-state index in [4.69, 9.17) is 4.74 Å². The Morgan fingerprint density at radius 1 is 1.22 bits per heavy atom. The molecule has 5 rings (SSSR count).